The van der Waals surface area contributed by atoms with Crippen molar-refractivity contribution in [3.05, 3.63) is 0 Å². The van der Waals surface area contributed by atoms with Crippen molar-refractivity contribution >= 4 is 17.9 Å². The molecule has 2 saturated carbocycles. The highest BCUT2D eigenvalue weighted by Gasteiger charge is 3.03. The Balaban J connectivity index is 1.72. The normalized spacial score (nSPS) is 60.1. The van der Waals surface area contributed by atoms with Gasteiger partial charge in [0.15, 0.2) is 17.8 Å². The van der Waals surface area contributed by atoms with Gasteiger partial charge in [0.25, 0.3) is 0 Å². The van der Waals surface area contributed by atoms with Gasteiger partial charge in [-0.05, 0) is 24.7 Å². The number of rotatable bonds is 0. The summed E-state index contributed by atoms with van der Waals surface area (Å²) >= 11 is 0. The lowest BCUT2D eigenvalue weighted by atomic mass is 9.51. The second-order valence-electron chi connectivity index (χ2n) is 10.7. The van der Waals surface area contributed by atoms with E-state index in [-0.39, 0.29) is 6.42 Å². The van der Waals surface area contributed by atoms with E-state index in [1.54, 1.807) is 0 Å². The molecule has 4 saturated heterocycles. The molecule has 4 aliphatic heterocycles. The molecule has 2 aliphatic carbocycles. The molecule has 2 spiro atoms. The van der Waals surface area contributed by atoms with Crippen molar-refractivity contribution in [2.75, 3.05) is 0 Å². The Kier molecular flexibility index (Phi) is 2.97. The molecule has 6 rings (SSSR count). The van der Waals surface area contributed by atoms with Crippen LogP contribution in [0.4, 0.5) is 0 Å². The van der Waals surface area contributed by atoms with Gasteiger partial charge in [-0.15, -0.1) is 0 Å². The molecule has 10 heteroatoms. The zero-order valence-corrected chi connectivity index (χ0v) is 16.9. The largest absolute Gasteiger partial charge is 0.459 e. The molecule has 0 aromatic rings. The van der Waals surface area contributed by atoms with Crippen LogP contribution in [0.15, 0.2) is 0 Å². The summed E-state index contributed by atoms with van der Waals surface area (Å²) in [7, 11) is 0. The first-order chi connectivity index (χ1) is 13.8. The summed E-state index contributed by atoms with van der Waals surface area (Å²) in [6.45, 7) is 7.14. The highest BCUT2D eigenvalue weighted by Crippen LogP contribution is 2.84. The predicted molar refractivity (Wildman–Crippen MR) is 92.0 cm³/mol. The third kappa shape index (κ3) is 1.33. The number of ether oxygens (including phenoxy) is 4. The van der Waals surface area contributed by atoms with Crippen LogP contribution in [0.3, 0.4) is 0 Å². The molecule has 4 heterocycles. The fraction of sp³-hybridized carbons (Fsp3) is 0.850. The van der Waals surface area contributed by atoms with Gasteiger partial charge in [-0.2, -0.15) is 0 Å². The van der Waals surface area contributed by atoms with E-state index in [2.05, 4.69) is 0 Å². The fourth-order valence-corrected chi connectivity index (χ4v) is 8.12. The van der Waals surface area contributed by atoms with E-state index in [0.29, 0.717) is 0 Å². The van der Waals surface area contributed by atoms with E-state index in [4.69, 9.17) is 18.9 Å². The minimum atomic E-state index is -2.24. The highest BCUT2D eigenvalue weighted by atomic mass is 16.8. The van der Waals surface area contributed by atoms with Gasteiger partial charge in [-0.1, -0.05) is 20.8 Å². The molecule has 0 unspecified atom stereocenters. The van der Waals surface area contributed by atoms with Crippen molar-refractivity contribution in [3.8, 4) is 0 Å². The summed E-state index contributed by atoms with van der Waals surface area (Å²) in [4.78, 5) is 38.2. The van der Waals surface area contributed by atoms with E-state index < -0.39 is 87.9 Å². The first-order valence-electron chi connectivity index (χ1n) is 10.2. The SMILES string of the molecule is C[C@@H]1C(=O)O[C@H]2[C@H](O)[C@]34[C@H]5C[C@@H](C(C)(C)C)[C@@]36[C@@H](OC(=O)[C@@H]6O)O[C@]4(C(=O)O5)[C@@]12O. The summed E-state index contributed by atoms with van der Waals surface area (Å²) in [5, 5.41) is 34.7. The van der Waals surface area contributed by atoms with Gasteiger partial charge < -0.3 is 34.3 Å². The van der Waals surface area contributed by atoms with Gasteiger partial charge in [-0.25, -0.2) is 9.59 Å². The molecule has 0 aromatic carbocycles. The molecule has 11 atom stereocenters. The number of fused-ring (bicyclic) bond motifs is 1. The Morgan fingerprint density at radius 3 is 2.33 bits per heavy atom. The van der Waals surface area contributed by atoms with Crippen LogP contribution >= 0.6 is 0 Å². The van der Waals surface area contributed by atoms with E-state index in [0.717, 1.165) is 0 Å². The molecule has 164 valence electrons. The molecule has 6 aliphatic rings. The molecular weight excluding hydrogens is 400 g/mol. The van der Waals surface area contributed by atoms with E-state index >= 15 is 0 Å². The number of aliphatic hydroxyl groups is 3. The van der Waals surface area contributed by atoms with Gasteiger partial charge in [0.1, 0.15) is 12.2 Å². The highest BCUT2D eigenvalue weighted by molar-refractivity contribution is 5.94. The average Bonchev–Trinajstić information content (AvgIpc) is 3.35. The molecule has 0 aromatic heterocycles. The van der Waals surface area contributed by atoms with Gasteiger partial charge in [-0.3, -0.25) is 4.79 Å². The lowest BCUT2D eigenvalue weighted by molar-refractivity contribution is -0.239. The molecule has 0 amide bonds. The number of carbonyl (C=O) groups excluding carboxylic acids is 3. The Bertz CT molecular complexity index is 925. The number of aliphatic hydroxyl groups excluding tert-OH is 2. The molecule has 30 heavy (non-hydrogen) atoms. The number of carbonyl (C=O) groups is 3. The minimum absolute atomic E-state index is 0.229. The third-order valence-electron chi connectivity index (χ3n) is 9.00. The van der Waals surface area contributed by atoms with Crippen LogP contribution in [0.1, 0.15) is 34.1 Å². The third-order valence-corrected chi connectivity index (χ3v) is 9.00. The van der Waals surface area contributed by atoms with Crippen molar-refractivity contribution < 1.29 is 48.7 Å². The van der Waals surface area contributed by atoms with E-state index in [1.165, 1.54) is 6.92 Å². The van der Waals surface area contributed by atoms with Gasteiger partial charge in [0, 0.05) is 0 Å². The van der Waals surface area contributed by atoms with Crippen molar-refractivity contribution in [2.24, 2.45) is 28.1 Å². The van der Waals surface area contributed by atoms with E-state index in [1.807, 2.05) is 20.8 Å². The van der Waals surface area contributed by atoms with Crippen LogP contribution in [0.25, 0.3) is 0 Å². The predicted octanol–water partition coefficient (Wildman–Crippen LogP) is -1.37. The zero-order chi connectivity index (χ0) is 21.8. The summed E-state index contributed by atoms with van der Waals surface area (Å²) in [5.41, 5.74) is -8.26. The standard InChI is InChI=1S/C20H24O10/c1-6-12(23)28-11-9(21)18-8-5-7(16(2,3)4)17(18)10(22)13(24)29-15(17)30-20(18,14(25)27-8)19(6,11)26/h6-11,15,21-22,26H,5H2,1-4H3/t6-,7+,8-,9+,10+,11+,15+,17-,18-,19-,20+/m1/s1. The summed E-state index contributed by atoms with van der Waals surface area (Å²) < 4.78 is 22.5. The maximum absolute atomic E-state index is 13.4. The van der Waals surface area contributed by atoms with Crippen molar-refractivity contribution in [3.63, 3.8) is 0 Å². The molecule has 0 radical (unpaired) electrons. The second-order valence-corrected chi connectivity index (χ2v) is 10.7. The average molecular weight is 424 g/mol. The minimum Gasteiger partial charge on any atom is -0.459 e. The van der Waals surface area contributed by atoms with Crippen molar-refractivity contribution in [1.82, 2.24) is 0 Å². The van der Waals surface area contributed by atoms with Gasteiger partial charge in [0.2, 0.25) is 11.9 Å². The summed E-state index contributed by atoms with van der Waals surface area (Å²) in [6, 6.07) is 0. The second kappa shape index (κ2) is 4.69. The maximum atomic E-state index is 13.4. The van der Waals surface area contributed by atoms with Crippen LogP contribution in [-0.2, 0) is 33.3 Å². The summed E-state index contributed by atoms with van der Waals surface area (Å²) in [5.74, 6) is -4.32. The topological polar surface area (TPSA) is 149 Å². The van der Waals surface area contributed by atoms with Crippen LogP contribution in [-0.4, -0.2) is 75.1 Å². The van der Waals surface area contributed by atoms with Crippen molar-refractivity contribution in [2.45, 2.75) is 76.0 Å². The number of hydrogen-bond donors (Lipinski definition) is 3. The van der Waals surface area contributed by atoms with E-state index in [9.17, 15) is 29.7 Å². The monoisotopic (exact) mass is 424 g/mol. The molecule has 6 fully saturated rings. The number of hydrogen-bond acceptors (Lipinski definition) is 10. The maximum Gasteiger partial charge on any atom is 0.343 e. The quantitative estimate of drug-likeness (QED) is 0.314. The van der Waals surface area contributed by atoms with Crippen LogP contribution < -0.4 is 0 Å². The smallest absolute Gasteiger partial charge is 0.343 e. The lowest BCUT2D eigenvalue weighted by Gasteiger charge is -2.47. The zero-order valence-electron chi connectivity index (χ0n) is 16.9. The Morgan fingerprint density at radius 1 is 1.03 bits per heavy atom. The molecule has 3 N–H and O–H groups in total. The van der Waals surface area contributed by atoms with Crippen molar-refractivity contribution in [1.29, 1.82) is 0 Å². The Morgan fingerprint density at radius 2 is 1.70 bits per heavy atom. The van der Waals surface area contributed by atoms with Gasteiger partial charge in [0.05, 0.1) is 16.7 Å². The first-order valence-corrected chi connectivity index (χ1v) is 10.2. The molecule has 10 nitrogen and oxygen atoms in total. The lowest BCUT2D eigenvalue weighted by Crippen LogP contribution is -2.67. The molecule has 0 bridgehead atoms. The molecular formula is C20H24O10. The van der Waals surface area contributed by atoms with Gasteiger partial charge >= 0.3 is 17.9 Å². The summed E-state index contributed by atoms with van der Waals surface area (Å²) in [6.07, 6.45) is -6.91. The Hall–Kier alpha value is -1.75. The Labute approximate surface area is 171 Å². The van der Waals surface area contributed by atoms with Crippen LogP contribution in [0.2, 0.25) is 0 Å². The first kappa shape index (κ1) is 19.0. The fourth-order valence-electron chi connectivity index (χ4n) is 8.12. The van der Waals surface area contributed by atoms with Crippen LogP contribution in [0, 0.1) is 28.1 Å². The van der Waals surface area contributed by atoms with Crippen LogP contribution in [0.5, 0.6) is 0 Å². The number of esters is 3.